The van der Waals surface area contributed by atoms with Crippen molar-refractivity contribution in [1.29, 1.82) is 0 Å². The molecule has 0 aliphatic rings. The molecule has 2 heterocycles. The van der Waals surface area contributed by atoms with Gasteiger partial charge in [0.05, 0.1) is 17.7 Å². The van der Waals surface area contributed by atoms with E-state index in [1.54, 1.807) is 32.0 Å². The van der Waals surface area contributed by atoms with Crippen molar-refractivity contribution < 1.29 is 18.7 Å². The average molecular weight is 383 g/mol. The number of rotatable bonds is 5. The molecule has 0 spiro atoms. The molecule has 0 bridgehead atoms. The molecule has 0 saturated heterocycles. The van der Waals surface area contributed by atoms with Gasteiger partial charge >= 0.3 is 5.97 Å². The summed E-state index contributed by atoms with van der Waals surface area (Å²) < 4.78 is 20.1. The number of para-hydroxylation sites is 1. The molecule has 0 saturated carbocycles. The predicted octanol–water partition coefficient (Wildman–Crippen LogP) is 2.66. The molecule has 2 aromatic heterocycles. The van der Waals surface area contributed by atoms with Gasteiger partial charge in [-0.25, -0.2) is 14.2 Å². The first-order chi connectivity index (χ1) is 13.4. The van der Waals surface area contributed by atoms with Crippen LogP contribution >= 0.6 is 0 Å². The fourth-order valence-corrected chi connectivity index (χ4v) is 2.74. The van der Waals surface area contributed by atoms with E-state index in [-0.39, 0.29) is 35.4 Å². The van der Waals surface area contributed by atoms with Gasteiger partial charge in [-0.05, 0) is 38.1 Å². The number of esters is 1. The van der Waals surface area contributed by atoms with Crippen molar-refractivity contribution in [2.24, 2.45) is 0 Å². The van der Waals surface area contributed by atoms with Gasteiger partial charge in [-0.2, -0.15) is 0 Å². The van der Waals surface area contributed by atoms with Crippen LogP contribution in [0.25, 0.3) is 11.0 Å². The van der Waals surface area contributed by atoms with E-state index in [0.717, 1.165) is 0 Å². The van der Waals surface area contributed by atoms with Crippen LogP contribution in [0.2, 0.25) is 0 Å². The molecule has 0 aliphatic carbocycles. The standard InChI is InChI=1S/C20H18FN3O4/c1-3-28-20(27)14-10-24(19-13(18(14)26)9-8-12(2)22-19)11-17(25)23-16-7-5-4-6-15(16)21/h4-10H,3,11H2,1-2H3,(H,23,25). The maximum absolute atomic E-state index is 13.8. The Labute approximate surface area is 159 Å². The van der Waals surface area contributed by atoms with E-state index in [9.17, 15) is 18.8 Å². The Balaban J connectivity index is 2.03. The lowest BCUT2D eigenvalue weighted by atomic mass is 10.2. The van der Waals surface area contributed by atoms with Gasteiger partial charge in [-0.3, -0.25) is 9.59 Å². The molecule has 28 heavy (non-hydrogen) atoms. The van der Waals surface area contributed by atoms with Crippen molar-refractivity contribution >= 4 is 28.6 Å². The van der Waals surface area contributed by atoms with Crippen LogP contribution in [0.1, 0.15) is 23.0 Å². The SMILES string of the molecule is CCOC(=O)c1cn(CC(=O)Nc2ccccc2F)c2nc(C)ccc2c1=O. The number of halogens is 1. The third kappa shape index (κ3) is 3.90. The Hall–Kier alpha value is -3.55. The van der Waals surface area contributed by atoms with Crippen molar-refractivity contribution in [2.75, 3.05) is 11.9 Å². The summed E-state index contributed by atoms with van der Waals surface area (Å²) in [6.07, 6.45) is 1.25. The molecule has 0 aliphatic heterocycles. The number of hydrogen-bond acceptors (Lipinski definition) is 5. The van der Waals surface area contributed by atoms with Crippen molar-refractivity contribution in [3.05, 3.63) is 69.9 Å². The number of nitrogens with one attached hydrogen (secondary N) is 1. The van der Waals surface area contributed by atoms with Gasteiger partial charge in [0, 0.05) is 11.9 Å². The minimum absolute atomic E-state index is 0.0348. The molecule has 3 aromatic rings. The summed E-state index contributed by atoms with van der Waals surface area (Å²) in [6.45, 7) is 3.21. The number of carbonyl (C=O) groups excluding carboxylic acids is 2. The number of nitrogens with zero attached hydrogens (tertiary/aromatic N) is 2. The molecule has 0 fully saturated rings. The maximum Gasteiger partial charge on any atom is 0.343 e. The van der Waals surface area contributed by atoms with E-state index in [2.05, 4.69) is 10.3 Å². The number of pyridine rings is 2. The monoisotopic (exact) mass is 383 g/mol. The zero-order valence-electron chi connectivity index (χ0n) is 15.4. The highest BCUT2D eigenvalue weighted by atomic mass is 19.1. The number of benzene rings is 1. The van der Waals surface area contributed by atoms with Crippen LogP contribution in [-0.2, 0) is 16.1 Å². The van der Waals surface area contributed by atoms with E-state index in [0.29, 0.717) is 5.69 Å². The van der Waals surface area contributed by atoms with E-state index < -0.39 is 23.1 Å². The first-order valence-electron chi connectivity index (χ1n) is 8.63. The third-order valence-electron chi connectivity index (χ3n) is 4.02. The highest BCUT2D eigenvalue weighted by molar-refractivity contribution is 5.95. The summed E-state index contributed by atoms with van der Waals surface area (Å²) in [4.78, 5) is 41.5. The average Bonchev–Trinajstić information content (AvgIpc) is 2.66. The number of ether oxygens (including phenoxy) is 1. The highest BCUT2D eigenvalue weighted by Crippen LogP contribution is 2.14. The zero-order valence-corrected chi connectivity index (χ0v) is 15.4. The molecule has 0 atom stereocenters. The molecule has 1 amide bonds. The minimum Gasteiger partial charge on any atom is -0.462 e. The Bertz CT molecular complexity index is 1120. The van der Waals surface area contributed by atoms with Crippen LogP contribution in [0, 0.1) is 12.7 Å². The van der Waals surface area contributed by atoms with Crippen LogP contribution in [-0.4, -0.2) is 28.0 Å². The van der Waals surface area contributed by atoms with Gasteiger partial charge in [0.15, 0.2) is 0 Å². The second-order valence-electron chi connectivity index (χ2n) is 6.07. The van der Waals surface area contributed by atoms with Gasteiger partial charge in [0.2, 0.25) is 11.3 Å². The second-order valence-corrected chi connectivity index (χ2v) is 6.07. The third-order valence-corrected chi connectivity index (χ3v) is 4.02. The lowest BCUT2D eigenvalue weighted by molar-refractivity contribution is -0.116. The fraction of sp³-hybridized carbons (Fsp3) is 0.200. The molecular weight excluding hydrogens is 365 g/mol. The number of anilines is 1. The number of fused-ring (bicyclic) bond motifs is 1. The number of aryl methyl sites for hydroxylation is 1. The summed E-state index contributed by atoms with van der Waals surface area (Å²) in [6, 6.07) is 8.96. The second kappa shape index (κ2) is 7.99. The summed E-state index contributed by atoms with van der Waals surface area (Å²) >= 11 is 0. The van der Waals surface area contributed by atoms with Crippen LogP contribution in [0.15, 0.2) is 47.4 Å². The predicted molar refractivity (Wildman–Crippen MR) is 102 cm³/mol. The molecule has 1 aromatic carbocycles. The normalized spacial score (nSPS) is 10.7. The van der Waals surface area contributed by atoms with Gasteiger partial charge in [-0.15, -0.1) is 0 Å². The molecule has 144 valence electrons. The van der Waals surface area contributed by atoms with Gasteiger partial charge in [-0.1, -0.05) is 12.1 Å². The fourth-order valence-electron chi connectivity index (χ4n) is 2.74. The molecule has 0 unspecified atom stereocenters. The Morgan fingerprint density at radius 3 is 2.68 bits per heavy atom. The lowest BCUT2D eigenvalue weighted by Gasteiger charge is -2.13. The number of aromatic nitrogens is 2. The largest absolute Gasteiger partial charge is 0.462 e. The lowest BCUT2D eigenvalue weighted by Crippen LogP contribution is -2.25. The summed E-state index contributed by atoms with van der Waals surface area (Å²) in [7, 11) is 0. The molecule has 1 N–H and O–H groups in total. The van der Waals surface area contributed by atoms with Crippen LogP contribution in [0.5, 0.6) is 0 Å². The molecular formula is C20H18FN3O4. The van der Waals surface area contributed by atoms with Gasteiger partial charge < -0.3 is 14.6 Å². The number of carbonyl (C=O) groups is 2. The molecule has 0 radical (unpaired) electrons. The van der Waals surface area contributed by atoms with Crippen LogP contribution in [0.4, 0.5) is 10.1 Å². The van der Waals surface area contributed by atoms with Crippen molar-refractivity contribution in [1.82, 2.24) is 9.55 Å². The van der Waals surface area contributed by atoms with Crippen LogP contribution < -0.4 is 10.7 Å². The van der Waals surface area contributed by atoms with E-state index in [4.69, 9.17) is 4.74 Å². The van der Waals surface area contributed by atoms with Gasteiger partial charge in [0.1, 0.15) is 23.6 Å². The Kier molecular flexibility index (Phi) is 5.49. The zero-order chi connectivity index (χ0) is 20.3. The molecule has 8 heteroatoms. The first kappa shape index (κ1) is 19.2. The highest BCUT2D eigenvalue weighted by Gasteiger charge is 2.19. The smallest absolute Gasteiger partial charge is 0.343 e. The number of amides is 1. The van der Waals surface area contributed by atoms with Crippen molar-refractivity contribution in [3.8, 4) is 0 Å². The molecule has 7 nitrogen and oxygen atoms in total. The van der Waals surface area contributed by atoms with E-state index in [1.165, 1.54) is 29.0 Å². The summed E-state index contributed by atoms with van der Waals surface area (Å²) in [5.41, 5.74) is 0.207. The minimum atomic E-state index is -0.779. The number of hydrogen-bond donors (Lipinski definition) is 1. The first-order valence-corrected chi connectivity index (χ1v) is 8.63. The Morgan fingerprint density at radius 1 is 1.21 bits per heavy atom. The Morgan fingerprint density at radius 2 is 1.96 bits per heavy atom. The van der Waals surface area contributed by atoms with Crippen molar-refractivity contribution in [2.45, 2.75) is 20.4 Å². The van der Waals surface area contributed by atoms with Gasteiger partial charge in [0.25, 0.3) is 0 Å². The van der Waals surface area contributed by atoms with E-state index >= 15 is 0 Å². The van der Waals surface area contributed by atoms with E-state index in [1.807, 2.05) is 0 Å². The summed E-state index contributed by atoms with van der Waals surface area (Å²) in [5, 5.41) is 2.66. The molecule has 3 rings (SSSR count). The van der Waals surface area contributed by atoms with Crippen molar-refractivity contribution in [3.63, 3.8) is 0 Å². The summed E-state index contributed by atoms with van der Waals surface area (Å²) in [5.74, 6) is -1.88. The maximum atomic E-state index is 13.8. The quantitative estimate of drug-likeness (QED) is 0.684. The van der Waals surface area contributed by atoms with Crippen LogP contribution in [0.3, 0.4) is 0 Å². The topological polar surface area (TPSA) is 90.3 Å².